The van der Waals surface area contributed by atoms with Crippen LogP contribution < -0.4 is 5.43 Å². The lowest BCUT2D eigenvalue weighted by Crippen LogP contribution is -2.30. The SMILES string of the molecule is Cc1cc(=O)c2ccccc2n1CC(=O)N1Cc2ccccc2C1. The normalized spacial score (nSPS) is 13.3. The summed E-state index contributed by atoms with van der Waals surface area (Å²) in [7, 11) is 0. The Morgan fingerprint density at radius 2 is 1.62 bits per heavy atom. The second-order valence-electron chi connectivity index (χ2n) is 6.27. The monoisotopic (exact) mass is 318 g/mol. The topological polar surface area (TPSA) is 42.3 Å². The second-order valence-corrected chi connectivity index (χ2v) is 6.27. The molecule has 1 aromatic heterocycles. The first-order valence-electron chi connectivity index (χ1n) is 8.07. The van der Waals surface area contributed by atoms with Gasteiger partial charge in [0, 0.05) is 30.2 Å². The minimum Gasteiger partial charge on any atom is -0.335 e. The largest absolute Gasteiger partial charge is 0.335 e. The van der Waals surface area contributed by atoms with Gasteiger partial charge in [0.1, 0.15) is 6.54 Å². The Labute approximate surface area is 140 Å². The van der Waals surface area contributed by atoms with Crippen molar-refractivity contribution in [1.82, 2.24) is 9.47 Å². The number of hydrogen-bond donors (Lipinski definition) is 0. The van der Waals surface area contributed by atoms with E-state index in [4.69, 9.17) is 0 Å². The van der Waals surface area contributed by atoms with Crippen LogP contribution in [0.1, 0.15) is 16.8 Å². The Morgan fingerprint density at radius 1 is 1.00 bits per heavy atom. The van der Waals surface area contributed by atoms with E-state index in [0.717, 1.165) is 11.2 Å². The van der Waals surface area contributed by atoms with E-state index in [1.54, 1.807) is 6.07 Å². The molecule has 0 saturated carbocycles. The standard InChI is InChI=1S/C20H18N2O2/c1-14-10-19(23)17-8-4-5-9-18(17)22(14)13-20(24)21-11-15-6-2-3-7-16(15)12-21/h2-10H,11-13H2,1H3. The molecule has 0 spiro atoms. The molecule has 0 unspecified atom stereocenters. The van der Waals surface area contributed by atoms with Crippen molar-refractivity contribution in [2.24, 2.45) is 0 Å². The van der Waals surface area contributed by atoms with Crippen LogP contribution in [0.3, 0.4) is 0 Å². The number of hydrogen-bond acceptors (Lipinski definition) is 2. The van der Waals surface area contributed by atoms with Crippen LogP contribution in [-0.2, 0) is 24.4 Å². The minimum absolute atomic E-state index is 0.000349. The predicted octanol–water partition coefficient (Wildman–Crippen LogP) is 2.85. The fourth-order valence-corrected chi connectivity index (χ4v) is 3.41. The number of amides is 1. The van der Waals surface area contributed by atoms with E-state index in [1.165, 1.54) is 11.1 Å². The summed E-state index contributed by atoms with van der Waals surface area (Å²) >= 11 is 0. The lowest BCUT2D eigenvalue weighted by molar-refractivity contribution is -0.132. The van der Waals surface area contributed by atoms with Crippen molar-refractivity contribution in [2.75, 3.05) is 0 Å². The van der Waals surface area contributed by atoms with Crippen LogP contribution in [0.2, 0.25) is 0 Å². The molecule has 1 amide bonds. The highest BCUT2D eigenvalue weighted by Crippen LogP contribution is 2.23. The molecule has 4 heteroatoms. The van der Waals surface area contributed by atoms with Crippen molar-refractivity contribution < 1.29 is 4.79 Å². The van der Waals surface area contributed by atoms with E-state index in [2.05, 4.69) is 12.1 Å². The number of fused-ring (bicyclic) bond motifs is 2. The molecule has 24 heavy (non-hydrogen) atoms. The van der Waals surface area contributed by atoms with Gasteiger partial charge in [-0.25, -0.2) is 0 Å². The van der Waals surface area contributed by atoms with Crippen molar-refractivity contribution >= 4 is 16.8 Å². The number of nitrogens with zero attached hydrogens (tertiary/aromatic N) is 2. The van der Waals surface area contributed by atoms with Gasteiger partial charge in [0.25, 0.3) is 0 Å². The Balaban J connectivity index is 1.66. The smallest absolute Gasteiger partial charge is 0.243 e. The van der Waals surface area contributed by atoms with Crippen molar-refractivity contribution in [3.8, 4) is 0 Å². The first kappa shape index (κ1) is 14.7. The number of rotatable bonds is 2. The zero-order chi connectivity index (χ0) is 16.7. The van der Waals surface area contributed by atoms with Crippen molar-refractivity contribution in [3.63, 3.8) is 0 Å². The lowest BCUT2D eigenvalue weighted by Gasteiger charge is -2.19. The van der Waals surface area contributed by atoms with Gasteiger partial charge in [-0.3, -0.25) is 9.59 Å². The fourth-order valence-electron chi connectivity index (χ4n) is 3.41. The number of carbonyl (C=O) groups is 1. The predicted molar refractivity (Wildman–Crippen MR) is 93.6 cm³/mol. The van der Waals surface area contributed by atoms with Gasteiger partial charge in [0.15, 0.2) is 5.43 Å². The lowest BCUT2D eigenvalue weighted by atomic mass is 10.1. The Bertz CT molecular complexity index is 979. The van der Waals surface area contributed by atoms with Crippen molar-refractivity contribution in [1.29, 1.82) is 0 Å². The average Bonchev–Trinajstić information content (AvgIpc) is 3.03. The molecule has 0 fully saturated rings. The second kappa shape index (κ2) is 5.64. The molecule has 0 bridgehead atoms. The van der Waals surface area contributed by atoms with E-state index >= 15 is 0 Å². The number of aryl methyl sites for hydroxylation is 1. The summed E-state index contributed by atoms with van der Waals surface area (Å²) in [4.78, 5) is 26.8. The van der Waals surface area contributed by atoms with Crippen LogP contribution in [0.15, 0.2) is 59.4 Å². The third-order valence-electron chi connectivity index (χ3n) is 4.71. The van der Waals surface area contributed by atoms with Gasteiger partial charge in [-0.2, -0.15) is 0 Å². The summed E-state index contributed by atoms with van der Waals surface area (Å²) in [5.74, 6) is 0.0723. The van der Waals surface area contributed by atoms with E-state index in [-0.39, 0.29) is 17.9 Å². The molecule has 4 nitrogen and oxygen atoms in total. The molecule has 4 rings (SSSR count). The maximum atomic E-state index is 12.8. The third kappa shape index (κ3) is 2.40. The summed E-state index contributed by atoms with van der Waals surface area (Å²) in [6.07, 6.45) is 0. The van der Waals surface area contributed by atoms with Gasteiger partial charge in [-0.15, -0.1) is 0 Å². The summed E-state index contributed by atoms with van der Waals surface area (Å²) in [5.41, 5.74) is 4.05. The molecular formula is C20H18N2O2. The molecule has 0 atom stereocenters. The summed E-state index contributed by atoms with van der Waals surface area (Å²) in [6.45, 7) is 3.44. The Hall–Kier alpha value is -2.88. The number of para-hydroxylation sites is 1. The third-order valence-corrected chi connectivity index (χ3v) is 4.71. The van der Waals surface area contributed by atoms with Gasteiger partial charge in [0.2, 0.25) is 5.91 Å². The van der Waals surface area contributed by atoms with E-state index < -0.39 is 0 Å². The van der Waals surface area contributed by atoms with Crippen molar-refractivity contribution in [2.45, 2.75) is 26.6 Å². The minimum atomic E-state index is 0.000349. The Kier molecular flexibility index (Phi) is 3.45. The summed E-state index contributed by atoms with van der Waals surface area (Å²) in [6, 6.07) is 17.2. The average molecular weight is 318 g/mol. The molecule has 1 aliphatic heterocycles. The van der Waals surface area contributed by atoms with Gasteiger partial charge >= 0.3 is 0 Å². The number of pyridine rings is 1. The van der Waals surface area contributed by atoms with Gasteiger partial charge in [0.05, 0.1) is 5.52 Å². The molecule has 3 aromatic rings. The quantitative estimate of drug-likeness (QED) is 0.729. The van der Waals surface area contributed by atoms with Gasteiger partial charge in [-0.1, -0.05) is 36.4 Å². The summed E-state index contributed by atoms with van der Waals surface area (Å²) in [5, 5.41) is 0.653. The zero-order valence-electron chi connectivity index (χ0n) is 13.5. The molecule has 120 valence electrons. The molecule has 1 aliphatic rings. The molecule has 2 heterocycles. The molecule has 0 aliphatic carbocycles. The molecule has 0 N–H and O–H groups in total. The highest BCUT2D eigenvalue weighted by molar-refractivity contribution is 5.83. The Morgan fingerprint density at radius 3 is 2.33 bits per heavy atom. The zero-order valence-corrected chi connectivity index (χ0v) is 13.5. The maximum absolute atomic E-state index is 12.8. The maximum Gasteiger partial charge on any atom is 0.243 e. The number of aromatic nitrogens is 1. The molecule has 0 radical (unpaired) electrons. The van der Waals surface area contributed by atoms with Crippen LogP contribution in [-0.4, -0.2) is 15.4 Å². The van der Waals surface area contributed by atoms with Crippen LogP contribution in [0.4, 0.5) is 0 Å². The molecule has 2 aromatic carbocycles. The molecule has 0 saturated heterocycles. The van der Waals surface area contributed by atoms with Crippen LogP contribution >= 0.6 is 0 Å². The van der Waals surface area contributed by atoms with E-state index in [1.807, 2.05) is 52.8 Å². The number of carbonyl (C=O) groups excluding carboxylic acids is 1. The molecular weight excluding hydrogens is 300 g/mol. The van der Waals surface area contributed by atoms with Gasteiger partial charge in [-0.05, 0) is 30.2 Å². The van der Waals surface area contributed by atoms with Crippen LogP contribution in [0.5, 0.6) is 0 Å². The van der Waals surface area contributed by atoms with E-state index in [9.17, 15) is 9.59 Å². The van der Waals surface area contributed by atoms with E-state index in [0.29, 0.717) is 18.5 Å². The highest BCUT2D eigenvalue weighted by atomic mass is 16.2. The van der Waals surface area contributed by atoms with Crippen LogP contribution in [0.25, 0.3) is 10.9 Å². The first-order chi connectivity index (χ1) is 11.6. The van der Waals surface area contributed by atoms with Gasteiger partial charge < -0.3 is 9.47 Å². The van der Waals surface area contributed by atoms with Crippen molar-refractivity contribution in [3.05, 3.63) is 81.6 Å². The highest BCUT2D eigenvalue weighted by Gasteiger charge is 2.23. The number of benzene rings is 2. The van der Waals surface area contributed by atoms with Crippen LogP contribution in [0, 0.1) is 6.92 Å². The fraction of sp³-hybridized carbons (Fsp3) is 0.200. The first-order valence-corrected chi connectivity index (χ1v) is 8.07. The summed E-state index contributed by atoms with van der Waals surface area (Å²) < 4.78 is 1.93.